The summed E-state index contributed by atoms with van der Waals surface area (Å²) in [6.45, 7) is 7.55. The van der Waals surface area contributed by atoms with Gasteiger partial charge in [0.1, 0.15) is 5.75 Å². The molecule has 1 aliphatic heterocycles. The Morgan fingerprint density at radius 1 is 1.48 bits per heavy atom. The topological polar surface area (TPSA) is 55.6 Å². The molecule has 0 radical (unpaired) electrons. The van der Waals surface area contributed by atoms with Gasteiger partial charge in [-0.15, -0.1) is 0 Å². The first-order valence-electron chi connectivity index (χ1n) is 7.74. The molecule has 4 heteroatoms. The highest BCUT2D eigenvalue weighted by molar-refractivity contribution is 5.79. The highest BCUT2D eigenvalue weighted by atomic mass is 16.5. The highest BCUT2D eigenvalue weighted by Crippen LogP contribution is 2.23. The van der Waals surface area contributed by atoms with Gasteiger partial charge in [0.05, 0.1) is 12.5 Å². The summed E-state index contributed by atoms with van der Waals surface area (Å²) in [7, 11) is 0. The molecule has 0 aromatic heterocycles. The zero-order valence-corrected chi connectivity index (χ0v) is 13.2. The monoisotopic (exact) mass is 290 g/mol. The van der Waals surface area contributed by atoms with Gasteiger partial charge in [0.25, 0.3) is 0 Å². The fourth-order valence-electron chi connectivity index (χ4n) is 2.94. The van der Waals surface area contributed by atoms with Crippen molar-refractivity contribution in [2.24, 2.45) is 11.7 Å². The van der Waals surface area contributed by atoms with Crippen molar-refractivity contribution in [3.05, 3.63) is 29.8 Å². The maximum Gasteiger partial charge on any atom is 0.227 e. The molecule has 2 atom stereocenters. The summed E-state index contributed by atoms with van der Waals surface area (Å²) in [5.41, 5.74) is 6.72. The zero-order valence-electron chi connectivity index (χ0n) is 13.2. The van der Waals surface area contributed by atoms with Crippen molar-refractivity contribution in [1.82, 2.24) is 4.90 Å². The molecule has 1 heterocycles. The van der Waals surface area contributed by atoms with Crippen LogP contribution < -0.4 is 10.5 Å². The number of nitrogens with zero attached hydrogens (tertiary/aromatic N) is 1. The van der Waals surface area contributed by atoms with E-state index in [4.69, 9.17) is 10.5 Å². The molecule has 1 aliphatic rings. The van der Waals surface area contributed by atoms with E-state index >= 15 is 0 Å². The van der Waals surface area contributed by atoms with Gasteiger partial charge in [-0.3, -0.25) is 4.79 Å². The molecule has 0 bridgehead atoms. The van der Waals surface area contributed by atoms with Crippen molar-refractivity contribution in [2.75, 3.05) is 13.1 Å². The summed E-state index contributed by atoms with van der Waals surface area (Å²) in [4.78, 5) is 14.4. The van der Waals surface area contributed by atoms with Crippen LogP contribution in [0, 0.1) is 5.92 Å². The minimum absolute atomic E-state index is 0.139. The van der Waals surface area contributed by atoms with E-state index in [-0.39, 0.29) is 12.0 Å². The van der Waals surface area contributed by atoms with Crippen LogP contribution in [-0.4, -0.2) is 36.0 Å². The lowest BCUT2D eigenvalue weighted by Gasteiger charge is -2.21. The normalized spacial score (nSPS) is 21.9. The van der Waals surface area contributed by atoms with Crippen molar-refractivity contribution < 1.29 is 9.53 Å². The van der Waals surface area contributed by atoms with Crippen molar-refractivity contribution >= 4 is 5.91 Å². The Hall–Kier alpha value is -1.55. The Labute approximate surface area is 127 Å². The van der Waals surface area contributed by atoms with Gasteiger partial charge >= 0.3 is 0 Å². The molecule has 0 aliphatic carbocycles. The minimum atomic E-state index is 0.139. The summed E-state index contributed by atoms with van der Waals surface area (Å²) in [5.74, 6) is 1.45. The number of benzene rings is 1. The van der Waals surface area contributed by atoms with E-state index in [1.165, 1.54) is 0 Å². The number of rotatable bonds is 5. The van der Waals surface area contributed by atoms with Crippen LogP contribution in [0.15, 0.2) is 24.3 Å². The summed E-state index contributed by atoms with van der Waals surface area (Å²) in [6, 6.07) is 8.10. The van der Waals surface area contributed by atoms with Crippen molar-refractivity contribution in [3.8, 4) is 5.75 Å². The predicted octanol–water partition coefficient (Wildman–Crippen LogP) is 2.21. The molecule has 0 spiro atoms. The van der Waals surface area contributed by atoms with Gasteiger partial charge in [-0.1, -0.05) is 12.1 Å². The fraction of sp³-hybridized carbons (Fsp3) is 0.588. The van der Waals surface area contributed by atoms with E-state index in [1.54, 1.807) is 0 Å². The van der Waals surface area contributed by atoms with Gasteiger partial charge in [-0.2, -0.15) is 0 Å². The first-order chi connectivity index (χ1) is 9.99. The van der Waals surface area contributed by atoms with E-state index in [9.17, 15) is 4.79 Å². The molecule has 4 nitrogen and oxygen atoms in total. The van der Waals surface area contributed by atoms with Crippen molar-refractivity contribution in [1.29, 1.82) is 0 Å². The van der Waals surface area contributed by atoms with Gasteiger partial charge in [-0.25, -0.2) is 0 Å². The van der Waals surface area contributed by atoms with Crippen LogP contribution in [0.3, 0.4) is 0 Å². The Bertz CT molecular complexity index is 487. The average molecular weight is 290 g/mol. The molecule has 2 N–H and O–H groups in total. The molecule has 2 rings (SSSR count). The second-order valence-electron chi connectivity index (χ2n) is 6.22. The summed E-state index contributed by atoms with van der Waals surface area (Å²) < 4.78 is 5.68. The Morgan fingerprint density at radius 2 is 2.24 bits per heavy atom. The van der Waals surface area contributed by atoms with Crippen molar-refractivity contribution in [2.45, 2.75) is 45.8 Å². The molecule has 0 saturated carbocycles. The number of carbonyl (C=O) groups excluding carboxylic acids is 1. The van der Waals surface area contributed by atoms with Crippen LogP contribution in [0.2, 0.25) is 0 Å². The third-order valence-electron chi connectivity index (χ3n) is 3.94. The van der Waals surface area contributed by atoms with Crippen LogP contribution >= 0.6 is 0 Å². The predicted molar refractivity (Wildman–Crippen MR) is 84.2 cm³/mol. The van der Waals surface area contributed by atoms with E-state index in [0.29, 0.717) is 24.9 Å². The number of hydrogen-bond acceptors (Lipinski definition) is 3. The number of likely N-dealkylation sites (tertiary alicyclic amines) is 1. The molecule has 1 aromatic rings. The fourth-order valence-corrected chi connectivity index (χ4v) is 2.94. The van der Waals surface area contributed by atoms with Crippen LogP contribution in [-0.2, 0) is 11.2 Å². The lowest BCUT2D eigenvalue weighted by molar-refractivity contribution is -0.131. The first-order valence-corrected chi connectivity index (χ1v) is 7.74. The molecular weight excluding hydrogens is 264 g/mol. The number of amides is 1. The standard InChI is InChI=1S/C17H26N2O2/c1-12(2)21-16-6-4-5-14(8-16)9-17(20)19-11-15(10-18)7-13(19)3/h4-6,8,12-13,15H,7,9-11,18H2,1-3H3. The average Bonchev–Trinajstić information content (AvgIpc) is 2.80. The third-order valence-corrected chi connectivity index (χ3v) is 3.94. The molecule has 116 valence electrons. The molecule has 21 heavy (non-hydrogen) atoms. The SMILES string of the molecule is CC(C)Oc1cccc(CC(=O)N2CC(CN)CC2C)c1. The summed E-state index contributed by atoms with van der Waals surface area (Å²) in [6.07, 6.45) is 1.58. The maximum atomic E-state index is 12.5. The van der Waals surface area contributed by atoms with E-state index in [1.807, 2.05) is 43.0 Å². The molecular formula is C17H26N2O2. The first kappa shape index (κ1) is 15.8. The van der Waals surface area contributed by atoms with E-state index in [0.717, 1.165) is 24.3 Å². The molecule has 1 fully saturated rings. The number of nitrogens with two attached hydrogens (primary N) is 1. The van der Waals surface area contributed by atoms with Gasteiger partial charge in [-0.05, 0) is 57.4 Å². The van der Waals surface area contributed by atoms with Crippen molar-refractivity contribution in [3.63, 3.8) is 0 Å². The van der Waals surface area contributed by atoms with Gasteiger partial charge in [0, 0.05) is 12.6 Å². The minimum Gasteiger partial charge on any atom is -0.491 e. The molecule has 2 unspecified atom stereocenters. The maximum absolute atomic E-state index is 12.5. The Balaban J connectivity index is 1.99. The van der Waals surface area contributed by atoms with Gasteiger partial charge in [0.2, 0.25) is 5.91 Å². The summed E-state index contributed by atoms with van der Waals surface area (Å²) in [5, 5.41) is 0. The quantitative estimate of drug-likeness (QED) is 0.904. The second kappa shape index (κ2) is 6.94. The zero-order chi connectivity index (χ0) is 15.4. The van der Waals surface area contributed by atoms with E-state index in [2.05, 4.69) is 6.92 Å². The summed E-state index contributed by atoms with van der Waals surface area (Å²) >= 11 is 0. The van der Waals surface area contributed by atoms with Crippen LogP contribution in [0.25, 0.3) is 0 Å². The Morgan fingerprint density at radius 3 is 2.86 bits per heavy atom. The molecule has 1 amide bonds. The molecule has 1 saturated heterocycles. The van der Waals surface area contributed by atoms with Gasteiger partial charge < -0.3 is 15.4 Å². The number of carbonyl (C=O) groups is 1. The number of ether oxygens (including phenoxy) is 1. The lowest BCUT2D eigenvalue weighted by Crippen LogP contribution is -2.35. The number of hydrogen-bond donors (Lipinski definition) is 1. The largest absolute Gasteiger partial charge is 0.491 e. The smallest absolute Gasteiger partial charge is 0.227 e. The van der Waals surface area contributed by atoms with Crippen LogP contribution in [0.1, 0.15) is 32.8 Å². The Kier molecular flexibility index (Phi) is 5.23. The second-order valence-corrected chi connectivity index (χ2v) is 6.22. The van der Waals surface area contributed by atoms with Gasteiger partial charge in [0.15, 0.2) is 0 Å². The lowest BCUT2D eigenvalue weighted by atomic mass is 10.1. The van der Waals surface area contributed by atoms with E-state index < -0.39 is 0 Å². The highest BCUT2D eigenvalue weighted by Gasteiger charge is 2.31. The third kappa shape index (κ3) is 4.21. The molecule has 1 aromatic carbocycles. The van der Waals surface area contributed by atoms with Crippen LogP contribution in [0.4, 0.5) is 0 Å². The van der Waals surface area contributed by atoms with Crippen LogP contribution in [0.5, 0.6) is 5.75 Å².